The zero-order valence-corrected chi connectivity index (χ0v) is 13.2. The van der Waals surface area contributed by atoms with Crippen molar-refractivity contribution >= 4 is 17.9 Å². The number of hydrogen-bond donors (Lipinski definition) is 0. The van der Waals surface area contributed by atoms with Crippen molar-refractivity contribution < 1.29 is 9.53 Å². The van der Waals surface area contributed by atoms with Gasteiger partial charge in [0.2, 0.25) is 0 Å². The van der Waals surface area contributed by atoms with Gasteiger partial charge in [0.25, 0.3) is 0 Å². The monoisotopic (exact) mass is 286 g/mol. The molecule has 110 valence electrons. The smallest absolute Gasteiger partial charge is 0.410 e. The summed E-state index contributed by atoms with van der Waals surface area (Å²) >= 11 is 2.06. The van der Waals surface area contributed by atoms with E-state index < -0.39 is 5.60 Å². The van der Waals surface area contributed by atoms with Crippen molar-refractivity contribution in [2.24, 2.45) is 0 Å². The van der Waals surface area contributed by atoms with Crippen LogP contribution >= 0.6 is 11.8 Å². The molecule has 2 saturated heterocycles. The summed E-state index contributed by atoms with van der Waals surface area (Å²) in [4.78, 5) is 16.4. The SMILES string of the molecule is CC(C)(C)OC(=O)N1CCN(C2CCSCC2)CC1. The van der Waals surface area contributed by atoms with Crippen LogP contribution in [0.15, 0.2) is 0 Å². The highest BCUT2D eigenvalue weighted by Gasteiger charge is 2.29. The van der Waals surface area contributed by atoms with E-state index in [1.807, 2.05) is 25.7 Å². The van der Waals surface area contributed by atoms with Crippen LogP contribution in [-0.4, -0.2) is 65.2 Å². The Labute approximate surface area is 120 Å². The Morgan fingerprint density at radius 1 is 1.11 bits per heavy atom. The molecule has 0 saturated carbocycles. The average molecular weight is 286 g/mol. The Bertz CT molecular complexity index is 303. The third kappa shape index (κ3) is 4.56. The van der Waals surface area contributed by atoms with Gasteiger partial charge in [-0.15, -0.1) is 0 Å². The number of thioether (sulfide) groups is 1. The largest absolute Gasteiger partial charge is 0.444 e. The number of carbonyl (C=O) groups is 1. The van der Waals surface area contributed by atoms with E-state index in [1.165, 1.54) is 24.3 Å². The lowest BCUT2D eigenvalue weighted by Crippen LogP contribution is -2.53. The summed E-state index contributed by atoms with van der Waals surface area (Å²) in [5.41, 5.74) is -0.394. The molecule has 2 rings (SSSR count). The van der Waals surface area contributed by atoms with Gasteiger partial charge in [-0.3, -0.25) is 4.90 Å². The van der Waals surface area contributed by atoms with Crippen molar-refractivity contribution in [3.63, 3.8) is 0 Å². The molecule has 0 aromatic carbocycles. The molecule has 1 amide bonds. The Morgan fingerprint density at radius 2 is 1.68 bits per heavy atom. The van der Waals surface area contributed by atoms with Gasteiger partial charge < -0.3 is 9.64 Å². The summed E-state index contributed by atoms with van der Waals surface area (Å²) in [6, 6.07) is 0.738. The summed E-state index contributed by atoms with van der Waals surface area (Å²) in [6.45, 7) is 9.35. The predicted molar refractivity (Wildman–Crippen MR) is 79.7 cm³/mol. The summed E-state index contributed by atoms with van der Waals surface area (Å²) < 4.78 is 5.42. The first-order valence-electron chi connectivity index (χ1n) is 7.25. The van der Waals surface area contributed by atoms with E-state index in [1.54, 1.807) is 0 Å². The molecule has 5 heteroatoms. The molecule has 0 aliphatic carbocycles. The second kappa shape index (κ2) is 6.35. The molecule has 0 spiro atoms. The molecule has 19 heavy (non-hydrogen) atoms. The van der Waals surface area contributed by atoms with E-state index in [4.69, 9.17) is 4.74 Å². The van der Waals surface area contributed by atoms with Gasteiger partial charge in [-0.2, -0.15) is 11.8 Å². The lowest BCUT2D eigenvalue weighted by Gasteiger charge is -2.40. The van der Waals surface area contributed by atoms with Crippen molar-refractivity contribution in [2.45, 2.75) is 45.3 Å². The fourth-order valence-electron chi connectivity index (χ4n) is 2.65. The lowest BCUT2D eigenvalue weighted by molar-refractivity contribution is 0.00989. The normalized spacial score (nSPS) is 23.4. The highest BCUT2D eigenvalue weighted by atomic mass is 32.2. The van der Waals surface area contributed by atoms with Crippen LogP contribution in [0.2, 0.25) is 0 Å². The lowest BCUT2D eigenvalue weighted by atomic mass is 10.1. The first-order chi connectivity index (χ1) is 8.96. The van der Waals surface area contributed by atoms with Gasteiger partial charge in [-0.1, -0.05) is 0 Å². The Kier molecular flexibility index (Phi) is 5.01. The van der Waals surface area contributed by atoms with Crippen LogP contribution in [0.1, 0.15) is 33.6 Å². The molecule has 0 unspecified atom stereocenters. The van der Waals surface area contributed by atoms with Gasteiger partial charge >= 0.3 is 6.09 Å². The van der Waals surface area contributed by atoms with E-state index in [9.17, 15) is 4.79 Å². The quantitative estimate of drug-likeness (QED) is 0.741. The molecule has 2 aliphatic heterocycles. The average Bonchev–Trinajstić information content (AvgIpc) is 2.38. The number of piperazine rings is 1. The van der Waals surface area contributed by atoms with Crippen LogP contribution in [0.4, 0.5) is 4.79 Å². The number of amides is 1. The first kappa shape index (κ1) is 15.0. The number of rotatable bonds is 1. The number of carbonyl (C=O) groups excluding carboxylic acids is 1. The maximum Gasteiger partial charge on any atom is 0.410 e. The molecular weight excluding hydrogens is 260 g/mol. The van der Waals surface area contributed by atoms with Gasteiger partial charge in [-0.25, -0.2) is 4.79 Å². The topological polar surface area (TPSA) is 32.8 Å². The first-order valence-corrected chi connectivity index (χ1v) is 8.41. The Balaban J connectivity index is 1.77. The molecule has 0 N–H and O–H groups in total. The minimum Gasteiger partial charge on any atom is -0.444 e. The van der Waals surface area contributed by atoms with Crippen molar-refractivity contribution in [2.75, 3.05) is 37.7 Å². The fourth-order valence-corrected chi connectivity index (χ4v) is 3.73. The maximum atomic E-state index is 12.0. The van der Waals surface area contributed by atoms with Gasteiger partial charge in [0, 0.05) is 32.2 Å². The second-order valence-corrected chi connectivity index (χ2v) is 7.57. The van der Waals surface area contributed by atoms with Crippen LogP contribution in [0.25, 0.3) is 0 Å². The summed E-state index contributed by atoms with van der Waals surface area (Å²) in [7, 11) is 0. The van der Waals surface area contributed by atoms with Crippen LogP contribution in [0, 0.1) is 0 Å². The third-order valence-corrected chi connectivity index (χ3v) is 4.72. The molecule has 2 heterocycles. The van der Waals surface area contributed by atoms with E-state index >= 15 is 0 Å². The number of hydrogen-bond acceptors (Lipinski definition) is 4. The highest BCUT2D eigenvalue weighted by Crippen LogP contribution is 2.23. The molecule has 2 fully saturated rings. The van der Waals surface area contributed by atoms with Gasteiger partial charge in [-0.05, 0) is 45.1 Å². The Morgan fingerprint density at radius 3 is 2.21 bits per heavy atom. The van der Waals surface area contributed by atoms with Gasteiger partial charge in [0.1, 0.15) is 5.60 Å². The van der Waals surface area contributed by atoms with Crippen LogP contribution in [0.5, 0.6) is 0 Å². The fraction of sp³-hybridized carbons (Fsp3) is 0.929. The molecular formula is C14H26N2O2S. The van der Waals surface area contributed by atoms with E-state index in [0.29, 0.717) is 0 Å². The minimum absolute atomic E-state index is 0.161. The third-order valence-electron chi connectivity index (χ3n) is 3.67. The van der Waals surface area contributed by atoms with Crippen molar-refractivity contribution in [1.82, 2.24) is 9.80 Å². The van der Waals surface area contributed by atoms with Crippen molar-refractivity contribution in [1.29, 1.82) is 0 Å². The van der Waals surface area contributed by atoms with E-state index in [0.717, 1.165) is 32.2 Å². The van der Waals surface area contributed by atoms with Crippen LogP contribution in [0.3, 0.4) is 0 Å². The van der Waals surface area contributed by atoms with Crippen molar-refractivity contribution in [3.05, 3.63) is 0 Å². The zero-order chi connectivity index (χ0) is 13.9. The molecule has 4 nitrogen and oxygen atoms in total. The van der Waals surface area contributed by atoms with E-state index in [-0.39, 0.29) is 6.09 Å². The van der Waals surface area contributed by atoms with Crippen molar-refractivity contribution in [3.8, 4) is 0 Å². The standard InChI is InChI=1S/C14H26N2O2S/c1-14(2,3)18-13(17)16-8-6-15(7-9-16)12-4-10-19-11-5-12/h12H,4-11H2,1-3H3. The minimum atomic E-state index is -0.394. The highest BCUT2D eigenvalue weighted by molar-refractivity contribution is 7.99. The summed E-state index contributed by atoms with van der Waals surface area (Å²) in [6.07, 6.45) is 2.44. The number of nitrogens with zero attached hydrogens (tertiary/aromatic N) is 2. The molecule has 0 aromatic heterocycles. The second-order valence-electron chi connectivity index (χ2n) is 6.35. The molecule has 0 bridgehead atoms. The predicted octanol–water partition coefficient (Wildman–Crippen LogP) is 2.43. The molecule has 0 radical (unpaired) electrons. The van der Waals surface area contributed by atoms with Crippen LogP contribution in [-0.2, 0) is 4.74 Å². The number of ether oxygens (including phenoxy) is 1. The zero-order valence-electron chi connectivity index (χ0n) is 12.4. The van der Waals surface area contributed by atoms with E-state index in [2.05, 4.69) is 16.7 Å². The van der Waals surface area contributed by atoms with Gasteiger partial charge in [0.15, 0.2) is 0 Å². The molecule has 2 aliphatic rings. The maximum absolute atomic E-state index is 12.0. The van der Waals surface area contributed by atoms with Gasteiger partial charge in [0.05, 0.1) is 0 Å². The molecule has 0 atom stereocenters. The van der Waals surface area contributed by atoms with Crippen LogP contribution < -0.4 is 0 Å². The Hall–Kier alpha value is -0.420. The summed E-state index contributed by atoms with van der Waals surface area (Å²) in [5.74, 6) is 2.58. The summed E-state index contributed by atoms with van der Waals surface area (Å²) in [5, 5.41) is 0. The molecule has 0 aromatic rings.